The third-order valence-corrected chi connectivity index (χ3v) is 5.42. The number of aryl methyl sites for hydroxylation is 2. The van der Waals surface area contributed by atoms with Crippen LogP contribution in [0.15, 0.2) is 23.8 Å². The Kier molecular flexibility index (Phi) is 3.63. The molecule has 0 aromatic heterocycles. The van der Waals surface area contributed by atoms with Crippen LogP contribution in [0.4, 0.5) is 0 Å². The normalized spacial score (nSPS) is 17.5. The van der Waals surface area contributed by atoms with Gasteiger partial charge in [0.2, 0.25) is 0 Å². The van der Waals surface area contributed by atoms with E-state index in [1.54, 1.807) is 18.2 Å². The molecule has 1 aromatic rings. The average molecular weight is 309 g/mol. The van der Waals surface area contributed by atoms with Crippen LogP contribution in [0.3, 0.4) is 0 Å². The fourth-order valence-corrected chi connectivity index (χ4v) is 3.98. The number of rotatable bonds is 3. The summed E-state index contributed by atoms with van der Waals surface area (Å²) < 4.78 is 25.3. The van der Waals surface area contributed by atoms with E-state index in [9.17, 15) is 18.0 Å². The van der Waals surface area contributed by atoms with Crippen molar-refractivity contribution in [3.8, 4) is 0 Å². The highest BCUT2D eigenvalue weighted by Crippen LogP contribution is 2.35. The van der Waals surface area contributed by atoms with E-state index in [-0.39, 0.29) is 10.5 Å². The number of carboxylic acid groups (broad SMARTS) is 1. The van der Waals surface area contributed by atoms with Gasteiger partial charge in [0.05, 0.1) is 0 Å². The summed E-state index contributed by atoms with van der Waals surface area (Å²) in [4.78, 5) is 22.7. The van der Waals surface area contributed by atoms with Gasteiger partial charge in [-0.25, -0.2) is 12.7 Å². The third kappa shape index (κ3) is 2.44. The molecule has 21 heavy (non-hydrogen) atoms. The zero-order valence-electron chi connectivity index (χ0n) is 11.9. The summed E-state index contributed by atoms with van der Waals surface area (Å²) in [6.07, 6.45) is 0. The number of aliphatic carboxylic acids is 1. The summed E-state index contributed by atoms with van der Waals surface area (Å²) in [5, 5.41) is 8.77. The number of benzene rings is 1. The number of sulfonamides is 1. The summed E-state index contributed by atoms with van der Waals surface area (Å²) in [7, 11) is -4.12. The smallest absolute Gasteiger partial charge is 0.324 e. The molecule has 1 aliphatic rings. The van der Waals surface area contributed by atoms with Crippen LogP contribution in [0.5, 0.6) is 0 Å². The number of carbonyl (C=O) groups excluding carboxylic acids is 1. The van der Waals surface area contributed by atoms with Gasteiger partial charge in [-0.3, -0.25) is 9.59 Å². The zero-order valence-corrected chi connectivity index (χ0v) is 12.7. The second-order valence-corrected chi connectivity index (χ2v) is 6.76. The molecule has 0 radical (unpaired) electrons. The first kappa shape index (κ1) is 15.2. The Morgan fingerprint density at radius 2 is 1.81 bits per heavy atom. The van der Waals surface area contributed by atoms with Gasteiger partial charge >= 0.3 is 5.97 Å². The van der Waals surface area contributed by atoms with Crippen molar-refractivity contribution in [1.82, 2.24) is 4.31 Å². The van der Waals surface area contributed by atoms with Gasteiger partial charge in [0.1, 0.15) is 11.4 Å². The summed E-state index contributed by atoms with van der Waals surface area (Å²) >= 11 is 0. The minimum Gasteiger partial charge on any atom is -0.480 e. The van der Waals surface area contributed by atoms with Crippen molar-refractivity contribution in [1.29, 1.82) is 0 Å². The van der Waals surface area contributed by atoms with E-state index in [0.29, 0.717) is 9.87 Å². The van der Waals surface area contributed by atoms with E-state index < -0.39 is 28.4 Å². The molecule has 6 nitrogen and oxygen atoms in total. The first-order valence-corrected chi connectivity index (χ1v) is 7.67. The predicted molar refractivity (Wildman–Crippen MR) is 76.8 cm³/mol. The minimum absolute atomic E-state index is 0.0412. The molecule has 0 bridgehead atoms. The van der Waals surface area contributed by atoms with Crippen molar-refractivity contribution in [3.63, 3.8) is 0 Å². The van der Waals surface area contributed by atoms with Crippen molar-refractivity contribution in [3.05, 3.63) is 40.5 Å². The van der Waals surface area contributed by atoms with Gasteiger partial charge in [-0.1, -0.05) is 18.2 Å². The molecule has 1 amide bonds. The molecule has 0 saturated heterocycles. The molecule has 1 N–H and O–H groups in total. The van der Waals surface area contributed by atoms with E-state index in [1.807, 2.05) is 13.8 Å². The van der Waals surface area contributed by atoms with Gasteiger partial charge in [0, 0.05) is 5.57 Å². The summed E-state index contributed by atoms with van der Waals surface area (Å²) in [5.41, 5.74) is 2.34. The fraction of sp³-hybridized carbons (Fsp3) is 0.286. The maximum Gasteiger partial charge on any atom is 0.324 e. The van der Waals surface area contributed by atoms with Gasteiger partial charge in [0.25, 0.3) is 15.9 Å². The summed E-state index contributed by atoms with van der Waals surface area (Å²) in [6.45, 7) is 4.26. The van der Waals surface area contributed by atoms with E-state index in [0.717, 1.165) is 11.1 Å². The average Bonchev–Trinajstić information content (AvgIpc) is 2.53. The molecule has 0 aliphatic carbocycles. The maximum atomic E-state index is 12.4. The van der Waals surface area contributed by atoms with Crippen molar-refractivity contribution in [2.24, 2.45) is 0 Å². The molecule has 2 rings (SSSR count). The molecular formula is C14H15NO5S. The Morgan fingerprint density at radius 1 is 1.19 bits per heavy atom. The van der Waals surface area contributed by atoms with Crippen molar-refractivity contribution >= 4 is 26.8 Å². The lowest BCUT2D eigenvalue weighted by atomic mass is 10.0. The van der Waals surface area contributed by atoms with E-state index in [1.165, 1.54) is 6.92 Å². The Bertz CT molecular complexity index is 777. The zero-order chi connectivity index (χ0) is 15.9. The quantitative estimate of drug-likeness (QED) is 0.908. The van der Waals surface area contributed by atoms with Crippen LogP contribution in [0, 0.1) is 13.8 Å². The lowest BCUT2D eigenvalue weighted by Gasteiger charge is -2.14. The largest absolute Gasteiger partial charge is 0.480 e. The lowest BCUT2D eigenvalue weighted by molar-refractivity contribution is -0.140. The number of amides is 1. The number of hydrogen-bond acceptors (Lipinski definition) is 4. The van der Waals surface area contributed by atoms with Gasteiger partial charge < -0.3 is 5.11 Å². The summed E-state index contributed by atoms with van der Waals surface area (Å²) in [5.74, 6) is -2.16. The second kappa shape index (κ2) is 5.00. The van der Waals surface area contributed by atoms with Gasteiger partial charge in [-0.2, -0.15) is 0 Å². The highest BCUT2D eigenvalue weighted by molar-refractivity contribution is 7.99. The summed E-state index contributed by atoms with van der Waals surface area (Å²) in [6, 6.07) is 5.07. The number of carboxylic acids is 1. The number of hydrogen-bond donors (Lipinski definition) is 1. The van der Waals surface area contributed by atoms with Gasteiger partial charge in [-0.05, 0) is 37.5 Å². The first-order chi connectivity index (χ1) is 9.66. The van der Waals surface area contributed by atoms with Crippen LogP contribution in [0.25, 0.3) is 4.91 Å². The molecule has 0 atom stereocenters. The van der Waals surface area contributed by atoms with Crippen molar-refractivity contribution in [2.45, 2.75) is 20.8 Å². The van der Waals surface area contributed by atoms with Gasteiger partial charge in [-0.15, -0.1) is 0 Å². The van der Waals surface area contributed by atoms with Crippen LogP contribution < -0.4 is 0 Å². The maximum absolute atomic E-state index is 12.4. The van der Waals surface area contributed by atoms with Crippen molar-refractivity contribution in [2.75, 3.05) is 6.54 Å². The van der Waals surface area contributed by atoms with Crippen LogP contribution in [0.1, 0.15) is 23.6 Å². The Morgan fingerprint density at radius 3 is 2.33 bits per heavy atom. The molecule has 112 valence electrons. The molecular weight excluding hydrogens is 294 g/mol. The highest BCUT2D eigenvalue weighted by atomic mass is 32.2. The van der Waals surface area contributed by atoms with Crippen molar-refractivity contribution < 1.29 is 23.1 Å². The minimum atomic E-state index is -4.12. The first-order valence-electron chi connectivity index (χ1n) is 6.23. The Hall–Kier alpha value is -2.15. The Balaban J connectivity index is 2.60. The Labute approximate surface area is 122 Å². The molecule has 1 aliphatic heterocycles. The van der Waals surface area contributed by atoms with Crippen LogP contribution in [-0.4, -0.2) is 36.3 Å². The van der Waals surface area contributed by atoms with Crippen LogP contribution >= 0.6 is 0 Å². The molecule has 0 unspecified atom stereocenters. The standard InChI is InChI=1S/C14H15NO5S/c1-8-4-5-11(6-9(8)2)13-10(3)14(18)15(7-12(16)17)21(13,19)20/h4-6H,7H2,1-3H3,(H,16,17). The van der Waals surface area contributed by atoms with E-state index in [4.69, 9.17) is 5.11 Å². The molecule has 0 saturated carbocycles. The lowest BCUT2D eigenvalue weighted by Crippen LogP contribution is -2.36. The predicted octanol–water partition coefficient (Wildman–Crippen LogP) is 1.29. The molecule has 1 heterocycles. The molecule has 0 fully saturated rings. The molecule has 0 spiro atoms. The number of carbonyl (C=O) groups is 2. The number of nitrogens with zero attached hydrogens (tertiary/aromatic N) is 1. The van der Waals surface area contributed by atoms with Gasteiger partial charge in [0.15, 0.2) is 0 Å². The monoisotopic (exact) mass is 309 g/mol. The molecule has 1 aromatic carbocycles. The van der Waals surface area contributed by atoms with E-state index >= 15 is 0 Å². The van der Waals surface area contributed by atoms with Crippen LogP contribution in [0.2, 0.25) is 0 Å². The molecule has 7 heteroatoms. The van der Waals surface area contributed by atoms with E-state index in [2.05, 4.69) is 0 Å². The highest BCUT2D eigenvalue weighted by Gasteiger charge is 2.43. The third-order valence-electron chi connectivity index (χ3n) is 3.48. The second-order valence-electron chi connectivity index (χ2n) is 4.96. The fourth-order valence-electron chi connectivity index (χ4n) is 2.22. The topological polar surface area (TPSA) is 91.8 Å². The SMILES string of the molecule is CC1=C(c2ccc(C)c(C)c2)S(=O)(=O)N(CC(=O)O)C1=O. The van der Waals surface area contributed by atoms with Crippen LogP contribution in [-0.2, 0) is 19.6 Å².